The third-order valence-electron chi connectivity index (χ3n) is 4.67. The normalized spacial score (nSPS) is 14.9. The maximum atomic E-state index is 13.6. The summed E-state index contributed by atoms with van der Waals surface area (Å²) in [6, 6.07) is 10.5. The number of nitrogens with one attached hydrogen (secondary N) is 2. The maximum Gasteiger partial charge on any atom is 0.228 e. The number of hydrogen-bond acceptors (Lipinski definition) is 3. The average Bonchev–Trinajstić information content (AvgIpc) is 2.65. The lowest BCUT2D eigenvalue weighted by Crippen LogP contribution is -2.25. The number of carbonyl (C=O) groups excluding carboxylic acids is 1. The van der Waals surface area contributed by atoms with Crippen molar-refractivity contribution in [1.82, 2.24) is 4.98 Å². The van der Waals surface area contributed by atoms with Gasteiger partial charge in [-0.05, 0) is 43.0 Å². The molecule has 0 saturated heterocycles. The minimum Gasteiger partial charge on any atom is -0.383 e. The van der Waals surface area contributed by atoms with Crippen LogP contribution in [-0.2, 0) is 11.2 Å². The molecule has 25 heavy (non-hydrogen) atoms. The highest BCUT2D eigenvalue weighted by Gasteiger charge is 2.21. The number of amides is 1. The van der Waals surface area contributed by atoms with Gasteiger partial charge in [0.15, 0.2) is 0 Å². The fourth-order valence-corrected chi connectivity index (χ4v) is 3.21. The smallest absolute Gasteiger partial charge is 0.228 e. The fourth-order valence-electron chi connectivity index (χ4n) is 3.21. The Morgan fingerprint density at radius 1 is 1.12 bits per heavy atom. The highest BCUT2D eigenvalue weighted by molar-refractivity contribution is 5.91. The number of hydrogen-bond donors (Lipinski definition) is 2. The summed E-state index contributed by atoms with van der Waals surface area (Å²) in [5.41, 5.74) is 1.55. The van der Waals surface area contributed by atoms with Crippen LogP contribution in [0.3, 0.4) is 0 Å². The largest absolute Gasteiger partial charge is 0.383 e. The molecule has 2 aromatic rings. The summed E-state index contributed by atoms with van der Waals surface area (Å²) in [6.45, 7) is 0.621. The third-order valence-corrected chi connectivity index (χ3v) is 4.67. The molecule has 1 fully saturated rings. The second-order valence-corrected chi connectivity index (χ2v) is 6.52. The van der Waals surface area contributed by atoms with Gasteiger partial charge in [-0.1, -0.05) is 37.5 Å². The van der Waals surface area contributed by atoms with Gasteiger partial charge in [-0.15, -0.1) is 0 Å². The number of halogens is 1. The first-order valence-electron chi connectivity index (χ1n) is 8.96. The van der Waals surface area contributed by atoms with Crippen LogP contribution in [0.4, 0.5) is 15.9 Å². The van der Waals surface area contributed by atoms with Crippen molar-refractivity contribution in [2.24, 2.45) is 5.92 Å². The molecule has 1 aromatic carbocycles. The Morgan fingerprint density at radius 3 is 2.64 bits per heavy atom. The van der Waals surface area contributed by atoms with Crippen molar-refractivity contribution < 1.29 is 9.18 Å². The summed E-state index contributed by atoms with van der Waals surface area (Å²) in [5, 5.41) is 6.12. The van der Waals surface area contributed by atoms with Crippen LogP contribution in [0.25, 0.3) is 0 Å². The molecule has 132 valence electrons. The molecule has 0 atom stereocenters. The van der Waals surface area contributed by atoms with Crippen molar-refractivity contribution in [3.63, 3.8) is 0 Å². The van der Waals surface area contributed by atoms with Crippen LogP contribution in [0, 0.1) is 11.7 Å². The Labute approximate surface area is 147 Å². The van der Waals surface area contributed by atoms with E-state index in [1.54, 1.807) is 24.4 Å². The van der Waals surface area contributed by atoms with Crippen molar-refractivity contribution in [3.8, 4) is 0 Å². The molecular formula is C20H24FN3O. The monoisotopic (exact) mass is 341 g/mol. The van der Waals surface area contributed by atoms with Gasteiger partial charge in [0.1, 0.15) is 11.6 Å². The SMILES string of the molecule is O=C(Nc1ccc(NCCc2ccccc2F)cn1)C1CCCCC1. The zero-order valence-electron chi connectivity index (χ0n) is 14.3. The summed E-state index contributed by atoms with van der Waals surface area (Å²) in [5.74, 6) is 0.597. The highest BCUT2D eigenvalue weighted by Crippen LogP contribution is 2.24. The van der Waals surface area contributed by atoms with Crippen molar-refractivity contribution in [3.05, 3.63) is 54.0 Å². The standard InChI is InChI=1S/C20H24FN3O/c21-18-9-5-4-6-15(18)12-13-22-17-10-11-19(23-14-17)24-20(25)16-7-2-1-3-8-16/h4-6,9-11,14,16,22H,1-3,7-8,12-13H2,(H,23,24,25). The first kappa shape index (κ1) is 17.4. The van der Waals surface area contributed by atoms with E-state index >= 15 is 0 Å². The number of carbonyl (C=O) groups is 1. The Kier molecular flexibility index (Phi) is 5.99. The van der Waals surface area contributed by atoms with Gasteiger partial charge in [0.25, 0.3) is 0 Å². The number of pyridine rings is 1. The van der Waals surface area contributed by atoms with E-state index in [0.717, 1.165) is 31.4 Å². The molecule has 2 N–H and O–H groups in total. The van der Waals surface area contributed by atoms with Gasteiger partial charge in [0, 0.05) is 12.5 Å². The van der Waals surface area contributed by atoms with Gasteiger partial charge < -0.3 is 10.6 Å². The summed E-state index contributed by atoms with van der Waals surface area (Å²) in [4.78, 5) is 16.5. The van der Waals surface area contributed by atoms with E-state index in [1.165, 1.54) is 12.5 Å². The number of anilines is 2. The van der Waals surface area contributed by atoms with Crippen molar-refractivity contribution in [2.45, 2.75) is 38.5 Å². The first-order chi connectivity index (χ1) is 12.2. The quantitative estimate of drug-likeness (QED) is 0.819. The summed E-state index contributed by atoms with van der Waals surface area (Å²) in [7, 11) is 0. The van der Waals surface area contributed by atoms with Gasteiger partial charge in [-0.2, -0.15) is 0 Å². The van der Waals surface area contributed by atoms with E-state index in [4.69, 9.17) is 0 Å². The zero-order chi connectivity index (χ0) is 17.5. The second-order valence-electron chi connectivity index (χ2n) is 6.52. The van der Waals surface area contributed by atoms with Crippen LogP contribution in [0.15, 0.2) is 42.6 Å². The molecule has 4 nitrogen and oxygen atoms in total. The highest BCUT2D eigenvalue weighted by atomic mass is 19.1. The van der Waals surface area contributed by atoms with Gasteiger partial charge in [-0.25, -0.2) is 9.37 Å². The van der Waals surface area contributed by atoms with Crippen molar-refractivity contribution in [2.75, 3.05) is 17.2 Å². The molecule has 3 rings (SSSR count). The molecule has 1 amide bonds. The molecular weight excluding hydrogens is 317 g/mol. The topological polar surface area (TPSA) is 54.0 Å². The lowest BCUT2D eigenvalue weighted by Gasteiger charge is -2.20. The second kappa shape index (κ2) is 8.60. The molecule has 5 heteroatoms. The number of benzene rings is 1. The lowest BCUT2D eigenvalue weighted by molar-refractivity contribution is -0.120. The van der Waals surface area contributed by atoms with E-state index < -0.39 is 0 Å². The molecule has 0 aliphatic heterocycles. The van der Waals surface area contributed by atoms with Crippen molar-refractivity contribution >= 4 is 17.4 Å². The molecule has 1 aliphatic rings. The Hall–Kier alpha value is -2.43. The number of rotatable bonds is 6. The van der Waals surface area contributed by atoms with Crippen LogP contribution >= 0.6 is 0 Å². The molecule has 1 heterocycles. The lowest BCUT2D eigenvalue weighted by atomic mass is 9.89. The maximum absolute atomic E-state index is 13.6. The van der Waals surface area contributed by atoms with E-state index in [-0.39, 0.29) is 17.6 Å². The van der Waals surface area contributed by atoms with Crippen LogP contribution < -0.4 is 10.6 Å². The average molecular weight is 341 g/mol. The third kappa shape index (κ3) is 5.02. The van der Waals surface area contributed by atoms with Gasteiger partial charge in [0.05, 0.1) is 11.9 Å². The minimum atomic E-state index is -0.178. The summed E-state index contributed by atoms with van der Waals surface area (Å²) < 4.78 is 13.6. The molecule has 0 unspecified atom stereocenters. The van der Waals surface area contributed by atoms with E-state index in [2.05, 4.69) is 15.6 Å². The minimum absolute atomic E-state index is 0.0764. The van der Waals surface area contributed by atoms with Crippen molar-refractivity contribution in [1.29, 1.82) is 0 Å². The van der Waals surface area contributed by atoms with Gasteiger partial charge >= 0.3 is 0 Å². The number of aromatic nitrogens is 1. The van der Waals surface area contributed by atoms with Crippen LogP contribution in [-0.4, -0.2) is 17.4 Å². The Bertz CT molecular complexity index is 696. The van der Waals surface area contributed by atoms with Crippen LogP contribution in [0.5, 0.6) is 0 Å². The fraction of sp³-hybridized carbons (Fsp3) is 0.400. The molecule has 0 radical (unpaired) electrons. The molecule has 0 spiro atoms. The van der Waals surface area contributed by atoms with Gasteiger partial charge in [0.2, 0.25) is 5.91 Å². The van der Waals surface area contributed by atoms with E-state index in [0.29, 0.717) is 24.3 Å². The predicted octanol–water partition coefficient (Wildman–Crippen LogP) is 4.39. The summed E-state index contributed by atoms with van der Waals surface area (Å²) in [6.07, 6.45) is 7.75. The first-order valence-corrected chi connectivity index (χ1v) is 8.96. The predicted molar refractivity (Wildman–Crippen MR) is 98.0 cm³/mol. The molecule has 1 aliphatic carbocycles. The zero-order valence-corrected chi connectivity index (χ0v) is 14.3. The molecule has 1 saturated carbocycles. The number of nitrogens with zero attached hydrogens (tertiary/aromatic N) is 1. The Balaban J connectivity index is 1.47. The van der Waals surface area contributed by atoms with Crippen LogP contribution in [0.1, 0.15) is 37.7 Å². The van der Waals surface area contributed by atoms with Gasteiger partial charge in [-0.3, -0.25) is 4.79 Å². The van der Waals surface area contributed by atoms with Crippen LogP contribution in [0.2, 0.25) is 0 Å². The molecule has 1 aromatic heterocycles. The van der Waals surface area contributed by atoms with E-state index in [1.807, 2.05) is 12.1 Å². The Morgan fingerprint density at radius 2 is 1.92 bits per heavy atom. The summed E-state index contributed by atoms with van der Waals surface area (Å²) >= 11 is 0. The van der Waals surface area contributed by atoms with E-state index in [9.17, 15) is 9.18 Å². The molecule has 0 bridgehead atoms.